The summed E-state index contributed by atoms with van der Waals surface area (Å²) in [6.45, 7) is -0.691. The van der Waals surface area contributed by atoms with Crippen molar-refractivity contribution in [2.45, 2.75) is 18.4 Å². The molecule has 2 rings (SSSR count). The van der Waals surface area contributed by atoms with Crippen LogP contribution in [-0.2, 0) is 0 Å². The Morgan fingerprint density at radius 1 is 1.21 bits per heavy atom. The fourth-order valence-corrected chi connectivity index (χ4v) is 1.84. The van der Waals surface area contributed by atoms with Gasteiger partial charge in [0.05, 0.1) is 0 Å². The summed E-state index contributed by atoms with van der Waals surface area (Å²) < 4.78 is 57.3. The Morgan fingerprint density at radius 3 is 2.16 bits per heavy atom. The summed E-state index contributed by atoms with van der Waals surface area (Å²) in [6.07, 6.45) is 1.44. The monoisotopic (exact) mass is 279 g/mol. The standard InChI is InChI=1S/C12H13F4NO2/c13-7-3-8(14)10(16)11(9(7)15)19-5-12(18,4-17)6-1-2-6/h3,6,18H,1-2,4-5,17H2. The molecule has 1 saturated carbocycles. The van der Waals surface area contributed by atoms with E-state index in [1.165, 1.54) is 0 Å². The summed E-state index contributed by atoms with van der Waals surface area (Å²) in [5.74, 6) is -7.68. The summed E-state index contributed by atoms with van der Waals surface area (Å²) in [6, 6.07) is 0.0908. The maximum atomic E-state index is 13.3. The Kier molecular flexibility index (Phi) is 3.69. The highest BCUT2D eigenvalue weighted by atomic mass is 19.2. The van der Waals surface area contributed by atoms with Crippen molar-refractivity contribution in [1.82, 2.24) is 0 Å². The molecule has 7 heteroatoms. The zero-order chi connectivity index (χ0) is 14.2. The zero-order valence-electron chi connectivity index (χ0n) is 9.93. The number of rotatable bonds is 5. The van der Waals surface area contributed by atoms with E-state index < -0.39 is 41.2 Å². The molecule has 0 saturated heterocycles. The third-order valence-corrected chi connectivity index (χ3v) is 3.23. The number of aliphatic hydroxyl groups is 1. The molecule has 3 nitrogen and oxygen atoms in total. The van der Waals surface area contributed by atoms with Crippen LogP contribution in [0.15, 0.2) is 6.07 Å². The van der Waals surface area contributed by atoms with E-state index in [2.05, 4.69) is 0 Å². The first-order chi connectivity index (χ1) is 8.89. The van der Waals surface area contributed by atoms with Gasteiger partial charge in [-0.25, -0.2) is 8.78 Å². The van der Waals surface area contributed by atoms with Gasteiger partial charge in [0.25, 0.3) is 0 Å². The summed E-state index contributed by atoms with van der Waals surface area (Å²) in [5, 5.41) is 10.1. The Morgan fingerprint density at radius 2 is 1.74 bits per heavy atom. The molecular formula is C12H13F4NO2. The predicted molar refractivity (Wildman–Crippen MR) is 58.5 cm³/mol. The molecule has 1 fully saturated rings. The normalized spacial score (nSPS) is 18.2. The average Bonchev–Trinajstić information content (AvgIpc) is 3.20. The average molecular weight is 279 g/mol. The summed E-state index contributed by atoms with van der Waals surface area (Å²) in [7, 11) is 0. The Balaban J connectivity index is 2.19. The molecule has 0 heterocycles. The van der Waals surface area contributed by atoms with Crippen molar-refractivity contribution in [3.63, 3.8) is 0 Å². The van der Waals surface area contributed by atoms with Gasteiger partial charge in [-0.3, -0.25) is 0 Å². The van der Waals surface area contributed by atoms with Crippen molar-refractivity contribution >= 4 is 0 Å². The molecule has 1 aromatic carbocycles. The van der Waals surface area contributed by atoms with Crippen LogP contribution in [0.3, 0.4) is 0 Å². The van der Waals surface area contributed by atoms with Gasteiger partial charge in [0.2, 0.25) is 11.6 Å². The van der Waals surface area contributed by atoms with Crippen LogP contribution >= 0.6 is 0 Å². The van der Waals surface area contributed by atoms with Crippen LogP contribution in [0.5, 0.6) is 5.75 Å². The number of ether oxygens (including phenoxy) is 1. The Bertz CT molecular complexity index is 467. The van der Waals surface area contributed by atoms with E-state index in [-0.39, 0.29) is 18.5 Å². The van der Waals surface area contributed by atoms with E-state index in [4.69, 9.17) is 10.5 Å². The van der Waals surface area contributed by atoms with Crippen molar-refractivity contribution in [1.29, 1.82) is 0 Å². The fraction of sp³-hybridized carbons (Fsp3) is 0.500. The molecule has 0 radical (unpaired) electrons. The van der Waals surface area contributed by atoms with E-state index >= 15 is 0 Å². The maximum absolute atomic E-state index is 13.3. The molecule has 1 aliphatic rings. The van der Waals surface area contributed by atoms with Gasteiger partial charge in [0, 0.05) is 12.6 Å². The molecule has 1 unspecified atom stereocenters. The van der Waals surface area contributed by atoms with E-state index in [1.807, 2.05) is 0 Å². The van der Waals surface area contributed by atoms with Crippen LogP contribution in [0.1, 0.15) is 12.8 Å². The lowest BCUT2D eigenvalue weighted by Gasteiger charge is -2.26. The fourth-order valence-electron chi connectivity index (χ4n) is 1.84. The van der Waals surface area contributed by atoms with Crippen LogP contribution in [0.4, 0.5) is 17.6 Å². The van der Waals surface area contributed by atoms with Crippen molar-refractivity contribution in [2.24, 2.45) is 11.7 Å². The maximum Gasteiger partial charge on any atom is 0.203 e. The highest BCUT2D eigenvalue weighted by molar-refractivity contribution is 5.28. The smallest absolute Gasteiger partial charge is 0.203 e. The Labute approximate surface area is 107 Å². The zero-order valence-corrected chi connectivity index (χ0v) is 9.93. The van der Waals surface area contributed by atoms with E-state index in [1.54, 1.807) is 0 Å². The van der Waals surface area contributed by atoms with Crippen LogP contribution in [0.25, 0.3) is 0 Å². The number of benzene rings is 1. The molecule has 0 aliphatic heterocycles. The van der Waals surface area contributed by atoms with Crippen LogP contribution in [-0.4, -0.2) is 23.9 Å². The van der Waals surface area contributed by atoms with Gasteiger partial charge in [0.15, 0.2) is 17.4 Å². The molecule has 1 aliphatic carbocycles. The number of hydrogen-bond acceptors (Lipinski definition) is 3. The first-order valence-corrected chi connectivity index (χ1v) is 5.77. The third kappa shape index (κ3) is 2.66. The largest absolute Gasteiger partial charge is 0.484 e. The van der Waals surface area contributed by atoms with Crippen molar-refractivity contribution in [3.05, 3.63) is 29.3 Å². The lowest BCUT2D eigenvalue weighted by molar-refractivity contribution is -0.0185. The molecule has 1 aromatic rings. The summed E-state index contributed by atoms with van der Waals surface area (Å²) in [4.78, 5) is 0. The van der Waals surface area contributed by atoms with Gasteiger partial charge >= 0.3 is 0 Å². The van der Waals surface area contributed by atoms with Gasteiger partial charge in [-0.15, -0.1) is 0 Å². The van der Waals surface area contributed by atoms with Crippen LogP contribution in [0.2, 0.25) is 0 Å². The highest BCUT2D eigenvalue weighted by Crippen LogP contribution is 2.40. The second kappa shape index (κ2) is 4.97. The van der Waals surface area contributed by atoms with Crippen molar-refractivity contribution in [2.75, 3.05) is 13.2 Å². The van der Waals surface area contributed by atoms with E-state index in [0.29, 0.717) is 0 Å². The molecule has 3 N–H and O–H groups in total. The topological polar surface area (TPSA) is 55.5 Å². The van der Waals surface area contributed by atoms with Crippen LogP contribution < -0.4 is 10.5 Å². The van der Waals surface area contributed by atoms with Gasteiger partial charge < -0.3 is 15.6 Å². The van der Waals surface area contributed by atoms with Gasteiger partial charge in [-0.05, 0) is 18.8 Å². The second-order valence-electron chi connectivity index (χ2n) is 4.67. The Hall–Kier alpha value is -1.34. The van der Waals surface area contributed by atoms with Gasteiger partial charge in [-0.2, -0.15) is 8.78 Å². The first-order valence-electron chi connectivity index (χ1n) is 5.77. The SMILES string of the molecule is NCC(O)(COc1c(F)c(F)cc(F)c1F)C1CC1. The quantitative estimate of drug-likeness (QED) is 0.637. The molecule has 0 bridgehead atoms. The van der Waals surface area contributed by atoms with E-state index in [0.717, 1.165) is 12.8 Å². The van der Waals surface area contributed by atoms with Gasteiger partial charge in [0.1, 0.15) is 12.2 Å². The number of nitrogens with two attached hydrogens (primary N) is 1. The van der Waals surface area contributed by atoms with Crippen LogP contribution in [0, 0.1) is 29.2 Å². The summed E-state index contributed by atoms with van der Waals surface area (Å²) >= 11 is 0. The molecule has 1 atom stereocenters. The first kappa shape index (κ1) is 14.1. The lowest BCUT2D eigenvalue weighted by atomic mass is 9.99. The highest BCUT2D eigenvalue weighted by Gasteiger charge is 2.44. The lowest BCUT2D eigenvalue weighted by Crippen LogP contribution is -2.45. The molecule has 0 aromatic heterocycles. The molecule has 106 valence electrons. The summed E-state index contributed by atoms with van der Waals surface area (Å²) in [5.41, 5.74) is 3.94. The second-order valence-corrected chi connectivity index (χ2v) is 4.67. The minimum atomic E-state index is -1.63. The van der Waals surface area contributed by atoms with Crippen molar-refractivity contribution < 1.29 is 27.4 Å². The third-order valence-electron chi connectivity index (χ3n) is 3.23. The predicted octanol–water partition coefficient (Wildman–Crippen LogP) is 1.72. The number of hydrogen-bond donors (Lipinski definition) is 2. The minimum Gasteiger partial charge on any atom is -0.484 e. The minimum absolute atomic E-state index is 0.0908. The number of halogens is 4. The van der Waals surface area contributed by atoms with E-state index in [9.17, 15) is 22.7 Å². The molecule has 19 heavy (non-hydrogen) atoms. The van der Waals surface area contributed by atoms with Crippen molar-refractivity contribution in [3.8, 4) is 5.75 Å². The van der Waals surface area contributed by atoms with Gasteiger partial charge in [-0.1, -0.05) is 0 Å². The molecule has 0 amide bonds. The molecular weight excluding hydrogens is 266 g/mol. The molecule has 0 spiro atoms.